The largest absolute Gasteiger partial charge is 0.475 e. The van der Waals surface area contributed by atoms with Crippen LogP contribution in [0.3, 0.4) is 0 Å². The Labute approximate surface area is 116 Å². The summed E-state index contributed by atoms with van der Waals surface area (Å²) in [5.74, 6) is 0.283. The van der Waals surface area contributed by atoms with Crippen molar-refractivity contribution in [1.82, 2.24) is 0 Å². The Morgan fingerprint density at radius 2 is 1.89 bits per heavy atom. The van der Waals surface area contributed by atoms with Gasteiger partial charge in [0.15, 0.2) is 0 Å². The quantitative estimate of drug-likeness (QED) is 0.630. The number of ether oxygens (including phenoxy) is 1. The molecule has 0 aromatic heterocycles. The maximum atomic E-state index is 11.5. The highest BCUT2D eigenvalue weighted by Gasteiger charge is 2.74. The number of fused-ring (bicyclic) bond motifs is 1. The van der Waals surface area contributed by atoms with Crippen LogP contribution in [0.15, 0.2) is 0 Å². The summed E-state index contributed by atoms with van der Waals surface area (Å²) in [6.45, 7) is 6.70. The second-order valence-electron chi connectivity index (χ2n) is 7.98. The van der Waals surface area contributed by atoms with E-state index >= 15 is 0 Å². The molecular formula is C15H28NO3+. The average molecular weight is 270 g/mol. The molecule has 4 nitrogen and oxygen atoms in total. The van der Waals surface area contributed by atoms with E-state index in [4.69, 9.17) is 4.74 Å². The molecule has 2 fully saturated rings. The van der Waals surface area contributed by atoms with E-state index in [0.717, 1.165) is 12.8 Å². The lowest BCUT2D eigenvalue weighted by Gasteiger charge is -2.36. The van der Waals surface area contributed by atoms with Gasteiger partial charge in [0.2, 0.25) is 0 Å². The number of carboxylic acid groups (broad SMARTS) is 1. The van der Waals surface area contributed by atoms with Crippen molar-refractivity contribution >= 4 is 5.97 Å². The van der Waals surface area contributed by atoms with Crippen molar-refractivity contribution in [3.8, 4) is 0 Å². The van der Waals surface area contributed by atoms with Gasteiger partial charge < -0.3 is 9.84 Å². The van der Waals surface area contributed by atoms with Crippen molar-refractivity contribution in [2.24, 2.45) is 17.3 Å². The third kappa shape index (κ3) is 2.19. The number of carboxylic acids is 1. The summed E-state index contributed by atoms with van der Waals surface area (Å²) in [6.07, 6.45) is 2.61. The van der Waals surface area contributed by atoms with Gasteiger partial charge in [-0.1, -0.05) is 27.2 Å². The van der Waals surface area contributed by atoms with Crippen LogP contribution in [-0.2, 0) is 9.53 Å². The van der Waals surface area contributed by atoms with Gasteiger partial charge in [0.05, 0.1) is 26.7 Å². The first-order chi connectivity index (χ1) is 8.52. The Kier molecular flexibility index (Phi) is 3.26. The van der Waals surface area contributed by atoms with Crippen molar-refractivity contribution in [3.05, 3.63) is 0 Å². The number of aliphatic carboxylic acids is 1. The third-order valence-electron chi connectivity index (χ3n) is 5.28. The van der Waals surface area contributed by atoms with Gasteiger partial charge in [0, 0.05) is 0 Å². The molecule has 0 radical (unpaired) electrons. The van der Waals surface area contributed by atoms with Crippen molar-refractivity contribution in [1.29, 1.82) is 0 Å². The maximum Gasteiger partial charge on any atom is 0.392 e. The molecule has 4 heteroatoms. The molecule has 0 aliphatic heterocycles. The Morgan fingerprint density at radius 1 is 1.32 bits per heavy atom. The highest BCUT2D eigenvalue weighted by molar-refractivity contribution is 5.70. The fourth-order valence-electron chi connectivity index (χ4n) is 4.02. The molecule has 0 aromatic carbocycles. The SMILES string of the molecule is CC1CCC2C(C)(C)C2(OC(C(=O)O)[N+](C)(C)C)C1. The molecule has 4 atom stereocenters. The summed E-state index contributed by atoms with van der Waals surface area (Å²) in [6, 6.07) is 0. The van der Waals surface area contributed by atoms with Gasteiger partial charge in [-0.05, 0) is 30.1 Å². The monoisotopic (exact) mass is 270 g/mol. The van der Waals surface area contributed by atoms with Gasteiger partial charge in [-0.15, -0.1) is 0 Å². The fraction of sp³-hybridized carbons (Fsp3) is 0.933. The highest BCUT2D eigenvalue weighted by atomic mass is 16.6. The molecule has 0 spiro atoms. The highest BCUT2D eigenvalue weighted by Crippen LogP contribution is 2.71. The number of rotatable bonds is 4. The average Bonchev–Trinajstić information content (AvgIpc) is 2.69. The van der Waals surface area contributed by atoms with Crippen LogP contribution in [0.2, 0.25) is 0 Å². The van der Waals surface area contributed by atoms with Crippen LogP contribution in [0.25, 0.3) is 0 Å². The molecular weight excluding hydrogens is 242 g/mol. The molecule has 2 saturated carbocycles. The van der Waals surface area contributed by atoms with Gasteiger partial charge in [-0.3, -0.25) is 4.48 Å². The Balaban J connectivity index is 2.23. The van der Waals surface area contributed by atoms with Crippen LogP contribution in [-0.4, -0.2) is 48.5 Å². The first-order valence-electron chi connectivity index (χ1n) is 7.24. The van der Waals surface area contributed by atoms with Crippen LogP contribution in [0, 0.1) is 17.3 Å². The zero-order valence-electron chi connectivity index (χ0n) is 13.1. The molecule has 2 aliphatic carbocycles. The fourth-order valence-corrected chi connectivity index (χ4v) is 4.02. The minimum Gasteiger partial charge on any atom is -0.475 e. The number of hydrogen-bond acceptors (Lipinski definition) is 2. The first kappa shape index (κ1) is 14.8. The number of nitrogens with zero attached hydrogens (tertiary/aromatic N) is 1. The molecule has 0 bridgehead atoms. The number of hydrogen-bond donors (Lipinski definition) is 1. The van der Waals surface area contributed by atoms with Crippen LogP contribution in [0.4, 0.5) is 0 Å². The van der Waals surface area contributed by atoms with Crippen LogP contribution >= 0.6 is 0 Å². The van der Waals surface area contributed by atoms with Gasteiger partial charge in [-0.25, -0.2) is 4.79 Å². The summed E-state index contributed by atoms with van der Waals surface area (Å²) in [4.78, 5) is 11.5. The second kappa shape index (κ2) is 4.19. The minimum atomic E-state index is -0.860. The van der Waals surface area contributed by atoms with Crippen molar-refractivity contribution < 1.29 is 19.1 Å². The lowest BCUT2D eigenvalue weighted by Crippen LogP contribution is -2.54. The Bertz CT molecular complexity index is 385. The van der Waals surface area contributed by atoms with Gasteiger partial charge in [0.1, 0.15) is 0 Å². The predicted octanol–water partition coefficient (Wildman–Crippen LogP) is 2.33. The third-order valence-corrected chi connectivity index (χ3v) is 5.28. The van der Waals surface area contributed by atoms with Crippen molar-refractivity contribution in [3.63, 3.8) is 0 Å². The van der Waals surface area contributed by atoms with E-state index in [9.17, 15) is 9.90 Å². The van der Waals surface area contributed by atoms with E-state index in [0.29, 0.717) is 16.3 Å². The van der Waals surface area contributed by atoms with Crippen molar-refractivity contribution in [2.75, 3.05) is 21.1 Å². The van der Waals surface area contributed by atoms with Gasteiger partial charge >= 0.3 is 5.97 Å². The number of likely N-dealkylation sites (N-methyl/N-ethyl adjacent to an activating group) is 1. The molecule has 110 valence electrons. The van der Waals surface area contributed by atoms with Crippen LogP contribution in [0.5, 0.6) is 0 Å². The van der Waals surface area contributed by atoms with Gasteiger partial charge in [0.25, 0.3) is 6.23 Å². The Morgan fingerprint density at radius 3 is 2.37 bits per heavy atom. The number of quaternary nitrogens is 1. The second-order valence-corrected chi connectivity index (χ2v) is 7.98. The zero-order chi connectivity index (χ0) is 14.6. The smallest absolute Gasteiger partial charge is 0.392 e. The summed E-state index contributed by atoms with van der Waals surface area (Å²) in [5.41, 5.74) is -0.111. The normalized spacial score (nSPS) is 38.4. The molecule has 0 saturated heterocycles. The molecule has 19 heavy (non-hydrogen) atoms. The lowest BCUT2D eigenvalue weighted by atomic mass is 9.88. The van der Waals surface area contributed by atoms with E-state index < -0.39 is 12.2 Å². The summed E-state index contributed by atoms with van der Waals surface area (Å²) >= 11 is 0. The summed E-state index contributed by atoms with van der Waals surface area (Å²) in [5, 5.41) is 9.47. The van der Waals surface area contributed by atoms with E-state index in [1.54, 1.807) is 0 Å². The van der Waals surface area contributed by atoms with E-state index in [-0.39, 0.29) is 11.0 Å². The zero-order valence-corrected chi connectivity index (χ0v) is 13.1. The molecule has 1 N–H and O–H groups in total. The summed E-state index contributed by atoms with van der Waals surface area (Å²) < 4.78 is 6.54. The standard InChI is InChI=1S/C15H27NO3/c1-10-7-8-11-14(2,3)15(11,9-10)19-12(13(17)18)16(4,5)6/h10-12H,7-9H2,1-6H3/p+1. The van der Waals surface area contributed by atoms with Gasteiger partial charge in [-0.2, -0.15) is 0 Å². The van der Waals surface area contributed by atoms with E-state index in [1.807, 2.05) is 21.1 Å². The first-order valence-corrected chi connectivity index (χ1v) is 7.24. The molecule has 0 heterocycles. The molecule has 4 unspecified atom stereocenters. The lowest BCUT2D eigenvalue weighted by molar-refractivity contribution is -0.911. The number of carbonyl (C=O) groups is 1. The maximum absolute atomic E-state index is 11.5. The molecule has 0 aromatic rings. The Hall–Kier alpha value is -0.610. The molecule has 0 amide bonds. The summed E-state index contributed by atoms with van der Waals surface area (Å²) in [7, 11) is 5.64. The van der Waals surface area contributed by atoms with E-state index in [1.165, 1.54) is 6.42 Å². The van der Waals surface area contributed by atoms with Crippen molar-refractivity contribution in [2.45, 2.75) is 51.9 Å². The minimum absolute atomic E-state index is 0.112. The van der Waals surface area contributed by atoms with Crippen LogP contribution in [0.1, 0.15) is 40.0 Å². The topological polar surface area (TPSA) is 46.5 Å². The van der Waals surface area contributed by atoms with Crippen LogP contribution < -0.4 is 0 Å². The molecule has 2 rings (SSSR count). The predicted molar refractivity (Wildman–Crippen MR) is 73.6 cm³/mol. The van der Waals surface area contributed by atoms with E-state index in [2.05, 4.69) is 20.8 Å². The molecule has 2 aliphatic rings.